The Hall–Kier alpha value is -2.94. The second kappa shape index (κ2) is 6.22. The predicted molar refractivity (Wildman–Crippen MR) is 79.1 cm³/mol. The minimum atomic E-state index is -3.80. The summed E-state index contributed by atoms with van der Waals surface area (Å²) in [4.78, 5) is 12.0. The van der Waals surface area contributed by atoms with Crippen molar-refractivity contribution < 1.29 is 18.4 Å². The van der Waals surface area contributed by atoms with Gasteiger partial charge in [-0.15, -0.1) is 0 Å². The number of nitro benzene ring substituents is 1. The van der Waals surface area contributed by atoms with E-state index in [2.05, 4.69) is 5.10 Å². The van der Waals surface area contributed by atoms with Gasteiger partial charge in [0.05, 0.1) is 16.0 Å². The highest BCUT2D eigenvalue weighted by Crippen LogP contribution is 2.25. The average molecular weight is 321 g/mol. The van der Waals surface area contributed by atoms with Gasteiger partial charge >= 0.3 is 5.69 Å². The Kier molecular flexibility index (Phi) is 4.37. The summed E-state index contributed by atoms with van der Waals surface area (Å²) in [5.74, 6) is -0.480. The molecule has 0 aliphatic rings. The second-order valence-corrected chi connectivity index (χ2v) is 5.83. The van der Waals surface area contributed by atoms with Crippen LogP contribution in [0.25, 0.3) is 0 Å². The van der Waals surface area contributed by atoms with Gasteiger partial charge in [0.25, 0.3) is 10.0 Å². The SMILES string of the molecule is O=[N+]([O-])c1cc(/C=N/NS(=O)(=O)c2ccccc2)ccc1O. The maximum Gasteiger partial charge on any atom is 0.311 e. The highest BCUT2D eigenvalue weighted by molar-refractivity contribution is 7.89. The first-order chi connectivity index (χ1) is 10.4. The van der Waals surface area contributed by atoms with Gasteiger partial charge < -0.3 is 5.11 Å². The lowest BCUT2D eigenvalue weighted by Gasteiger charge is -2.02. The second-order valence-electron chi connectivity index (χ2n) is 4.17. The van der Waals surface area contributed by atoms with E-state index in [1.165, 1.54) is 18.2 Å². The van der Waals surface area contributed by atoms with E-state index in [0.29, 0.717) is 0 Å². The summed E-state index contributed by atoms with van der Waals surface area (Å²) in [5, 5.41) is 23.5. The molecule has 0 fully saturated rings. The quantitative estimate of drug-likeness (QED) is 0.492. The molecular formula is C13H11N3O5S. The molecule has 2 aromatic carbocycles. The van der Waals surface area contributed by atoms with E-state index in [1.54, 1.807) is 18.2 Å². The van der Waals surface area contributed by atoms with Gasteiger partial charge in [-0.25, -0.2) is 4.83 Å². The van der Waals surface area contributed by atoms with Crippen LogP contribution in [0.2, 0.25) is 0 Å². The normalized spacial score (nSPS) is 11.5. The molecule has 0 bridgehead atoms. The van der Waals surface area contributed by atoms with E-state index in [1.807, 2.05) is 4.83 Å². The summed E-state index contributed by atoms with van der Waals surface area (Å²) in [7, 11) is -3.80. The van der Waals surface area contributed by atoms with E-state index >= 15 is 0 Å². The number of aromatic hydroxyl groups is 1. The minimum absolute atomic E-state index is 0.0452. The van der Waals surface area contributed by atoms with Gasteiger partial charge in [0.1, 0.15) is 0 Å². The Bertz CT molecular complexity index is 819. The number of hydrazone groups is 1. The molecule has 0 atom stereocenters. The van der Waals surface area contributed by atoms with Crippen molar-refractivity contribution in [1.82, 2.24) is 4.83 Å². The molecule has 2 aromatic rings. The number of benzene rings is 2. The number of nitro groups is 1. The first-order valence-corrected chi connectivity index (χ1v) is 7.46. The molecule has 0 spiro atoms. The summed E-state index contributed by atoms with van der Waals surface area (Å²) in [6.07, 6.45) is 1.10. The smallest absolute Gasteiger partial charge is 0.311 e. The van der Waals surface area contributed by atoms with Crippen LogP contribution in [0.15, 0.2) is 58.5 Å². The van der Waals surface area contributed by atoms with Crippen LogP contribution in [0.3, 0.4) is 0 Å². The molecule has 8 nitrogen and oxygen atoms in total. The van der Waals surface area contributed by atoms with E-state index in [4.69, 9.17) is 0 Å². The lowest BCUT2D eigenvalue weighted by molar-refractivity contribution is -0.385. The molecule has 22 heavy (non-hydrogen) atoms. The van der Waals surface area contributed by atoms with Gasteiger partial charge in [0.15, 0.2) is 5.75 Å². The Balaban J connectivity index is 2.17. The lowest BCUT2D eigenvalue weighted by atomic mass is 10.2. The van der Waals surface area contributed by atoms with E-state index < -0.39 is 26.4 Å². The Morgan fingerprint density at radius 1 is 1.18 bits per heavy atom. The number of nitrogens with zero attached hydrogens (tertiary/aromatic N) is 2. The Labute approximate surface area is 125 Å². The van der Waals surface area contributed by atoms with E-state index in [9.17, 15) is 23.6 Å². The molecule has 2 rings (SSSR count). The first kappa shape index (κ1) is 15.4. The van der Waals surface area contributed by atoms with Crippen molar-refractivity contribution in [1.29, 1.82) is 0 Å². The van der Waals surface area contributed by atoms with Gasteiger partial charge in [-0.3, -0.25) is 10.1 Å². The van der Waals surface area contributed by atoms with E-state index in [0.717, 1.165) is 18.3 Å². The summed E-state index contributed by atoms with van der Waals surface area (Å²) in [6, 6.07) is 11.2. The fraction of sp³-hybridized carbons (Fsp3) is 0. The zero-order chi connectivity index (χ0) is 16.2. The highest BCUT2D eigenvalue weighted by Gasteiger charge is 2.13. The van der Waals surface area contributed by atoms with Crippen molar-refractivity contribution in [3.63, 3.8) is 0 Å². The summed E-state index contributed by atoms with van der Waals surface area (Å²) in [6.45, 7) is 0. The molecule has 0 aliphatic heterocycles. The zero-order valence-corrected chi connectivity index (χ0v) is 11.9. The molecule has 0 amide bonds. The summed E-state index contributed by atoms with van der Waals surface area (Å²) in [5.41, 5.74) is -0.227. The fourth-order valence-electron chi connectivity index (χ4n) is 1.59. The molecule has 0 heterocycles. The van der Waals surface area contributed by atoms with Crippen molar-refractivity contribution in [2.24, 2.45) is 5.10 Å². The number of hydrogen-bond acceptors (Lipinski definition) is 6. The summed E-state index contributed by atoms with van der Waals surface area (Å²) >= 11 is 0. The number of sulfonamides is 1. The molecule has 0 saturated heterocycles. The largest absolute Gasteiger partial charge is 0.502 e. The molecule has 0 unspecified atom stereocenters. The van der Waals surface area contributed by atoms with Crippen molar-refractivity contribution in [3.8, 4) is 5.75 Å². The van der Waals surface area contributed by atoms with Crippen LogP contribution < -0.4 is 4.83 Å². The van der Waals surface area contributed by atoms with E-state index in [-0.39, 0.29) is 10.5 Å². The van der Waals surface area contributed by atoms with Gasteiger partial charge in [-0.1, -0.05) is 18.2 Å². The number of phenolic OH excluding ortho intramolecular Hbond substituents is 1. The third kappa shape index (κ3) is 3.58. The van der Waals surface area contributed by atoms with Crippen molar-refractivity contribution in [2.75, 3.05) is 0 Å². The average Bonchev–Trinajstić information content (AvgIpc) is 2.49. The zero-order valence-electron chi connectivity index (χ0n) is 11.1. The Morgan fingerprint density at radius 3 is 2.50 bits per heavy atom. The molecule has 114 valence electrons. The molecular weight excluding hydrogens is 310 g/mol. The number of hydrogen-bond donors (Lipinski definition) is 2. The molecule has 2 N–H and O–H groups in total. The van der Waals surface area contributed by atoms with Crippen LogP contribution >= 0.6 is 0 Å². The standard InChI is InChI=1S/C13H11N3O5S/c17-13-7-6-10(8-12(13)16(18)19)9-14-15-22(20,21)11-4-2-1-3-5-11/h1-9,15,17H/b14-9+. The number of phenols is 1. The van der Waals surface area contributed by atoms with Crippen LogP contribution in [0.1, 0.15) is 5.56 Å². The summed E-state index contributed by atoms with van der Waals surface area (Å²) < 4.78 is 23.8. The molecule has 9 heteroatoms. The first-order valence-electron chi connectivity index (χ1n) is 5.97. The minimum Gasteiger partial charge on any atom is -0.502 e. The molecule has 0 radical (unpaired) electrons. The van der Waals surface area contributed by atoms with Gasteiger partial charge in [-0.2, -0.15) is 13.5 Å². The van der Waals surface area contributed by atoms with Crippen LogP contribution in [-0.4, -0.2) is 24.7 Å². The van der Waals surface area contributed by atoms with Crippen molar-refractivity contribution in [3.05, 3.63) is 64.2 Å². The van der Waals surface area contributed by atoms with Gasteiger partial charge in [-0.05, 0) is 24.3 Å². The maximum atomic E-state index is 11.9. The monoisotopic (exact) mass is 321 g/mol. The highest BCUT2D eigenvalue weighted by atomic mass is 32.2. The van der Waals surface area contributed by atoms with Crippen LogP contribution in [0.5, 0.6) is 5.75 Å². The van der Waals surface area contributed by atoms with Gasteiger partial charge in [0.2, 0.25) is 0 Å². The van der Waals surface area contributed by atoms with Crippen LogP contribution in [0, 0.1) is 10.1 Å². The molecule has 0 aliphatic carbocycles. The van der Waals surface area contributed by atoms with Crippen molar-refractivity contribution >= 4 is 21.9 Å². The molecule has 0 aromatic heterocycles. The van der Waals surface area contributed by atoms with Crippen molar-refractivity contribution in [2.45, 2.75) is 4.90 Å². The lowest BCUT2D eigenvalue weighted by Crippen LogP contribution is -2.18. The molecule has 0 saturated carbocycles. The van der Waals surface area contributed by atoms with Crippen LogP contribution in [0.4, 0.5) is 5.69 Å². The number of rotatable bonds is 5. The third-order valence-corrected chi connectivity index (χ3v) is 3.87. The Morgan fingerprint density at radius 2 is 1.86 bits per heavy atom. The van der Waals surface area contributed by atoms with Crippen LogP contribution in [-0.2, 0) is 10.0 Å². The number of nitrogens with one attached hydrogen (secondary N) is 1. The predicted octanol–water partition coefficient (Wildman–Crippen LogP) is 1.61. The third-order valence-electron chi connectivity index (χ3n) is 2.64. The fourth-order valence-corrected chi connectivity index (χ4v) is 2.40. The maximum absolute atomic E-state index is 11.9. The topological polar surface area (TPSA) is 122 Å². The van der Waals surface area contributed by atoms with Gasteiger partial charge in [0, 0.05) is 11.6 Å².